The van der Waals surface area contributed by atoms with Gasteiger partial charge in [0, 0.05) is 17.4 Å². The van der Waals surface area contributed by atoms with E-state index in [9.17, 15) is 0 Å². The normalized spacial score (nSPS) is 12.5. The van der Waals surface area contributed by atoms with Crippen LogP contribution < -0.4 is 0 Å². The van der Waals surface area contributed by atoms with E-state index in [2.05, 4.69) is 220 Å². The van der Waals surface area contributed by atoms with E-state index >= 15 is 0 Å². The fourth-order valence-corrected chi connectivity index (χ4v) is 8.86. The summed E-state index contributed by atoms with van der Waals surface area (Å²) in [6, 6.07) is 56.1. The molecule has 59 heavy (non-hydrogen) atoms. The van der Waals surface area contributed by atoms with Gasteiger partial charge < -0.3 is 0 Å². The fraction of sp³-hybridized carbons (Fsp3) is 0.190. The number of fused-ring (bicyclic) bond motifs is 3. The molecule has 1 heteroatoms. The van der Waals surface area contributed by atoms with Crippen molar-refractivity contribution in [3.05, 3.63) is 237 Å². The Hall–Kier alpha value is -6.31. The summed E-state index contributed by atoms with van der Waals surface area (Å²) >= 11 is 0. The molecule has 1 heterocycles. The minimum absolute atomic E-state index is 0.00948. The molecule has 294 valence electrons. The molecule has 7 aromatic rings. The highest BCUT2D eigenvalue weighted by Gasteiger charge is 2.27. The number of allylic oxidation sites excluding steroid dienone is 2. The first kappa shape index (κ1) is 40.9. The lowest BCUT2D eigenvalue weighted by atomic mass is 9.73. The summed E-state index contributed by atoms with van der Waals surface area (Å²) in [5.41, 5.74) is 25.0. The van der Waals surface area contributed by atoms with Crippen LogP contribution in [-0.4, -0.2) is 5.71 Å². The zero-order valence-corrected chi connectivity index (χ0v) is 36.2. The molecule has 9 rings (SSSR count). The number of hydrogen-bond acceptors (Lipinski definition) is 1. The Balaban J connectivity index is 0.000000138. The van der Waals surface area contributed by atoms with Crippen molar-refractivity contribution >= 4 is 17.0 Å². The van der Waals surface area contributed by atoms with Crippen molar-refractivity contribution < 1.29 is 0 Å². The van der Waals surface area contributed by atoms with Crippen LogP contribution in [0.25, 0.3) is 33.5 Å². The average Bonchev–Trinajstić information content (AvgIpc) is 3.89. The van der Waals surface area contributed by atoms with Gasteiger partial charge in [0.1, 0.15) is 0 Å². The smallest absolute Gasteiger partial charge is 0.0669 e. The van der Waals surface area contributed by atoms with Crippen LogP contribution in [0.1, 0.15) is 94.0 Å². The SMILES string of the molecule is C=C(C)c1cccc2c1-c1ccccc1C2.Cc1cccc(C2=CCC(c3ccccc3)=N2)c1.Cc1ccccc1-c1ccc(C(C)(C)c2ccccc2C)c(C)c1C. The monoisotopic (exact) mass is 767 g/mol. The van der Waals surface area contributed by atoms with Crippen molar-refractivity contribution in [3.63, 3.8) is 0 Å². The summed E-state index contributed by atoms with van der Waals surface area (Å²) in [6.45, 7) is 21.9. The maximum Gasteiger partial charge on any atom is 0.0669 e. The summed E-state index contributed by atoms with van der Waals surface area (Å²) in [7, 11) is 0. The lowest BCUT2D eigenvalue weighted by molar-refractivity contribution is 0.630. The topological polar surface area (TPSA) is 12.4 Å². The summed E-state index contributed by atoms with van der Waals surface area (Å²) in [5, 5.41) is 0. The Morgan fingerprint density at radius 2 is 1.17 bits per heavy atom. The van der Waals surface area contributed by atoms with Gasteiger partial charge in [-0.05, 0) is 132 Å². The van der Waals surface area contributed by atoms with E-state index in [1.54, 1.807) is 0 Å². The van der Waals surface area contributed by atoms with Gasteiger partial charge in [-0.15, -0.1) is 0 Å². The molecule has 0 spiro atoms. The molecule has 1 aliphatic heterocycles. The molecule has 0 saturated carbocycles. The van der Waals surface area contributed by atoms with Gasteiger partial charge in [0.05, 0.1) is 11.4 Å². The highest BCUT2D eigenvalue weighted by atomic mass is 14.8. The minimum atomic E-state index is -0.00948. The molecule has 0 fully saturated rings. The van der Waals surface area contributed by atoms with E-state index in [4.69, 9.17) is 4.99 Å². The number of aryl methyl sites for hydroxylation is 3. The molecule has 1 aliphatic carbocycles. The lowest BCUT2D eigenvalue weighted by Gasteiger charge is -2.31. The van der Waals surface area contributed by atoms with Gasteiger partial charge in [-0.2, -0.15) is 0 Å². The first-order valence-electron chi connectivity index (χ1n) is 20.9. The maximum atomic E-state index is 4.75. The predicted molar refractivity (Wildman–Crippen MR) is 256 cm³/mol. The standard InChI is InChI=1S/C25H28.C17H15N.C16H14/c1-17-11-7-9-13-21(17)22-15-16-24(20(4)19(22)3)25(5,6)23-14-10-8-12-18(23)2;1-13-6-5-9-15(12-13)17-11-10-16(18-17)14-7-3-2-4-8-14;1-11(2)14-9-5-7-13-10-12-6-3-4-8-15(12)16(13)14/h7-16H,1-6H3;2-9,11-12H,10H2,1H3;3-9H,1,10H2,2H3. The first-order valence-corrected chi connectivity index (χ1v) is 20.9. The van der Waals surface area contributed by atoms with Crippen LogP contribution in [0, 0.1) is 34.6 Å². The molecule has 0 unspecified atom stereocenters. The van der Waals surface area contributed by atoms with Crippen LogP contribution in [0.2, 0.25) is 0 Å². The zero-order valence-electron chi connectivity index (χ0n) is 36.2. The number of rotatable bonds is 6. The maximum absolute atomic E-state index is 4.75. The number of hydrogen-bond donors (Lipinski definition) is 0. The third-order valence-corrected chi connectivity index (χ3v) is 12.2. The van der Waals surface area contributed by atoms with Gasteiger partial charge in [-0.1, -0.05) is 189 Å². The van der Waals surface area contributed by atoms with Crippen molar-refractivity contribution in [2.24, 2.45) is 4.99 Å². The van der Waals surface area contributed by atoms with E-state index in [1.165, 1.54) is 89.0 Å². The highest BCUT2D eigenvalue weighted by Crippen LogP contribution is 2.41. The van der Waals surface area contributed by atoms with Gasteiger partial charge in [0.2, 0.25) is 0 Å². The quantitative estimate of drug-likeness (QED) is 0.160. The summed E-state index contributed by atoms with van der Waals surface area (Å²) < 4.78 is 0. The van der Waals surface area contributed by atoms with Gasteiger partial charge in [0.25, 0.3) is 0 Å². The molecular weight excluding hydrogens is 711 g/mol. The Labute approximate surface area is 353 Å². The largest absolute Gasteiger partial charge is 0.252 e. The van der Waals surface area contributed by atoms with Crippen molar-refractivity contribution in [2.75, 3.05) is 0 Å². The van der Waals surface area contributed by atoms with Gasteiger partial charge >= 0.3 is 0 Å². The predicted octanol–water partition coefficient (Wildman–Crippen LogP) is 15.4. The third-order valence-electron chi connectivity index (χ3n) is 12.2. The Kier molecular flexibility index (Phi) is 12.2. The van der Waals surface area contributed by atoms with Crippen molar-refractivity contribution in [3.8, 4) is 22.3 Å². The third kappa shape index (κ3) is 8.76. The zero-order chi connectivity index (χ0) is 41.7. The van der Waals surface area contributed by atoms with E-state index in [0.717, 1.165) is 29.8 Å². The molecule has 0 radical (unpaired) electrons. The van der Waals surface area contributed by atoms with Crippen LogP contribution in [0.4, 0.5) is 0 Å². The summed E-state index contributed by atoms with van der Waals surface area (Å²) in [4.78, 5) is 4.75. The highest BCUT2D eigenvalue weighted by molar-refractivity contribution is 6.07. The van der Waals surface area contributed by atoms with Crippen LogP contribution in [0.3, 0.4) is 0 Å². The molecular formula is C58H57N. The minimum Gasteiger partial charge on any atom is -0.252 e. The van der Waals surface area contributed by atoms with Crippen LogP contribution in [0.5, 0.6) is 0 Å². The van der Waals surface area contributed by atoms with Gasteiger partial charge in [-0.3, -0.25) is 4.99 Å². The van der Waals surface area contributed by atoms with E-state index in [-0.39, 0.29) is 5.41 Å². The molecule has 7 aromatic carbocycles. The van der Waals surface area contributed by atoms with Crippen LogP contribution in [-0.2, 0) is 11.8 Å². The Bertz CT molecular complexity index is 2700. The van der Waals surface area contributed by atoms with E-state index < -0.39 is 0 Å². The Morgan fingerprint density at radius 1 is 0.542 bits per heavy atom. The van der Waals surface area contributed by atoms with Crippen molar-refractivity contribution in [1.29, 1.82) is 0 Å². The molecule has 0 amide bonds. The Morgan fingerprint density at radius 3 is 1.88 bits per heavy atom. The second kappa shape index (κ2) is 17.7. The number of benzene rings is 7. The summed E-state index contributed by atoms with van der Waals surface area (Å²) in [6.07, 6.45) is 4.19. The molecule has 0 saturated heterocycles. The molecule has 0 bridgehead atoms. The number of aliphatic imine (C=N–C) groups is 1. The van der Waals surface area contributed by atoms with E-state index in [0.29, 0.717) is 0 Å². The average molecular weight is 768 g/mol. The van der Waals surface area contributed by atoms with Gasteiger partial charge in [-0.25, -0.2) is 0 Å². The van der Waals surface area contributed by atoms with Crippen LogP contribution in [0.15, 0.2) is 175 Å². The number of nitrogens with zero attached hydrogens (tertiary/aromatic N) is 1. The molecule has 0 atom stereocenters. The molecule has 2 aliphatic rings. The lowest BCUT2D eigenvalue weighted by Crippen LogP contribution is -2.22. The molecule has 0 N–H and O–H groups in total. The van der Waals surface area contributed by atoms with Gasteiger partial charge in [0.15, 0.2) is 0 Å². The second-order valence-corrected chi connectivity index (χ2v) is 16.7. The second-order valence-electron chi connectivity index (χ2n) is 16.7. The molecule has 1 nitrogen and oxygen atoms in total. The van der Waals surface area contributed by atoms with Crippen molar-refractivity contribution in [1.82, 2.24) is 0 Å². The summed E-state index contributed by atoms with van der Waals surface area (Å²) in [5.74, 6) is 0. The van der Waals surface area contributed by atoms with Crippen LogP contribution >= 0.6 is 0 Å². The van der Waals surface area contributed by atoms with E-state index in [1.807, 2.05) is 6.07 Å². The van der Waals surface area contributed by atoms with Crippen molar-refractivity contribution in [2.45, 2.75) is 73.6 Å². The molecule has 0 aromatic heterocycles. The first-order chi connectivity index (χ1) is 28.4. The fourth-order valence-electron chi connectivity index (χ4n) is 8.86.